The normalized spacial score (nSPS) is 10.4. The van der Waals surface area contributed by atoms with E-state index in [1.54, 1.807) is 20.3 Å². The fourth-order valence-corrected chi connectivity index (χ4v) is 2.57. The van der Waals surface area contributed by atoms with Gasteiger partial charge >= 0.3 is 0 Å². The minimum atomic E-state index is 0.153. The van der Waals surface area contributed by atoms with Gasteiger partial charge in [-0.05, 0) is 38.3 Å². The lowest BCUT2D eigenvalue weighted by atomic mass is 10.1. The second kappa shape index (κ2) is 7.88. The van der Waals surface area contributed by atoms with Crippen LogP contribution in [0.4, 0.5) is 5.82 Å². The summed E-state index contributed by atoms with van der Waals surface area (Å²) in [6, 6.07) is 7.83. The molecule has 2 aromatic rings. The van der Waals surface area contributed by atoms with Crippen LogP contribution in [0.2, 0.25) is 0 Å². The number of anilines is 1. The zero-order chi connectivity index (χ0) is 17.7. The van der Waals surface area contributed by atoms with Crippen molar-refractivity contribution in [2.24, 2.45) is 0 Å². The highest BCUT2D eigenvalue weighted by atomic mass is 32.2. The van der Waals surface area contributed by atoms with E-state index >= 15 is 0 Å². The largest absolute Gasteiger partial charge is 0.493 e. The van der Waals surface area contributed by atoms with E-state index in [1.165, 1.54) is 11.8 Å². The predicted molar refractivity (Wildman–Crippen MR) is 95.8 cm³/mol. The van der Waals surface area contributed by atoms with E-state index in [0.717, 1.165) is 5.56 Å². The Morgan fingerprint density at radius 1 is 1.17 bits per heavy atom. The Hall–Kier alpha value is -2.46. The monoisotopic (exact) mass is 344 g/mol. The van der Waals surface area contributed by atoms with Crippen molar-refractivity contribution in [1.82, 2.24) is 9.97 Å². The summed E-state index contributed by atoms with van der Waals surface area (Å²) < 4.78 is 10.6. The molecular weight excluding hydrogens is 324 g/mol. The maximum absolute atomic E-state index is 9.63. The minimum absolute atomic E-state index is 0.153. The molecule has 24 heavy (non-hydrogen) atoms. The third kappa shape index (κ3) is 3.71. The lowest BCUT2D eigenvalue weighted by molar-refractivity contribution is 0.355. The van der Waals surface area contributed by atoms with Gasteiger partial charge in [0.1, 0.15) is 17.5 Å². The van der Waals surface area contributed by atoms with Crippen LogP contribution < -0.4 is 14.8 Å². The molecule has 0 radical (unpaired) electrons. The number of hydrogen-bond acceptors (Lipinski definition) is 7. The number of ether oxygens (including phenoxy) is 2. The number of nitrogens with zero attached hydrogens (tertiary/aromatic N) is 3. The van der Waals surface area contributed by atoms with Crippen LogP contribution in [-0.2, 0) is 0 Å². The molecule has 1 N–H and O–H groups in total. The fourth-order valence-electron chi connectivity index (χ4n) is 2.21. The number of nitriles is 1. The summed E-state index contributed by atoms with van der Waals surface area (Å²) in [5.74, 6) is 1.75. The maximum Gasteiger partial charge on any atom is 0.189 e. The number of methoxy groups -OCH3 is 2. The molecule has 6 nitrogen and oxygen atoms in total. The Kier molecular flexibility index (Phi) is 5.88. The zero-order valence-electron chi connectivity index (χ0n) is 14.4. The first-order valence-corrected chi connectivity index (χ1v) is 8.61. The Labute approximate surface area is 146 Å². The molecule has 0 spiro atoms. The summed E-state index contributed by atoms with van der Waals surface area (Å²) in [6.07, 6.45) is 1.90. The van der Waals surface area contributed by atoms with Gasteiger partial charge in [0.05, 0.1) is 19.9 Å². The van der Waals surface area contributed by atoms with Gasteiger partial charge in [0.2, 0.25) is 0 Å². The molecule has 0 aliphatic carbocycles. The molecular formula is C17H20N4O2S. The SMILES string of the molecule is COc1ccc(-c2nc(SC)nc(NC(C)C)c2C#N)cc1OC. The Balaban J connectivity index is 2.66. The van der Waals surface area contributed by atoms with E-state index in [1.807, 2.05) is 32.2 Å². The van der Waals surface area contributed by atoms with Gasteiger partial charge in [0.15, 0.2) is 16.7 Å². The Morgan fingerprint density at radius 2 is 1.88 bits per heavy atom. The summed E-state index contributed by atoms with van der Waals surface area (Å²) >= 11 is 1.43. The van der Waals surface area contributed by atoms with Crippen molar-refractivity contribution in [3.05, 3.63) is 23.8 Å². The van der Waals surface area contributed by atoms with Crippen molar-refractivity contribution in [1.29, 1.82) is 5.26 Å². The van der Waals surface area contributed by atoms with Crippen molar-refractivity contribution in [3.8, 4) is 28.8 Å². The lowest BCUT2D eigenvalue weighted by Crippen LogP contribution is -2.14. The van der Waals surface area contributed by atoms with Crippen LogP contribution in [0.1, 0.15) is 19.4 Å². The first kappa shape index (κ1) is 17.9. The predicted octanol–water partition coefficient (Wildman–Crippen LogP) is 3.57. The van der Waals surface area contributed by atoms with E-state index in [2.05, 4.69) is 21.4 Å². The first-order valence-electron chi connectivity index (χ1n) is 7.39. The van der Waals surface area contributed by atoms with Gasteiger partial charge < -0.3 is 14.8 Å². The molecule has 0 fully saturated rings. The van der Waals surface area contributed by atoms with Gasteiger partial charge in [-0.3, -0.25) is 0 Å². The van der Waals surface area contributed by atoms with Gasteiger partial charge in [-0.25, -0.2) is 9.97 Å². The summed E-state index contributed by atoms with van der Waals surface area (Å²) in [5, 5.41) is 13.4. The van der Waals surface area contributed by atoms with E-state index in [9.17, 15) is 5.26 Å². The van der Waals surface area contributed by atoms with Crippen LogP contribution in [0, 0.1) is 11.3 Å². The highest BCUT2D eigenvalue weighted by Crippen LogP contribution is 2.35. The molecule has 2 rings (SSSR count). The van der Waals surface area contributed by atoms with Crippen LogP contribution in [-0.4, -0.2) is 36.5 Å². The smallest absolute Gasteiger partial charge is 0.189 e. The number of hydrogen-bond donors (Lipinski definition) is 1. The molecule has 0 unspecified atom stereocenters. The van der Waals surface area contributed by atoms with Crippen molar-refractivity contribution in [2.45, 2.75) is 25.0 Å². The number of nitrogens with one attached hydrogen (secondary N) is 1. The minimum Gasteiger partial charge on any atom is -0.493 e. The highest BCUT2D eigenvalue weighted by Gasteiger charge is 2.18. The van der Waals surface area contributed by atoms with Crippen LogP contribution >= 0.6 is 11.8 Å². The average Bonchev–Trinajstić information content (AvgIpc) is 2.59. The van der Waals surface area contributed by atoms with Gasteiger partial charge in [-0.2, -0.15) is 5.26 Å². The molecule has 0 saturated heterocycles. The van der Waals surface area contributed by atoms with Crippen LogP contribution in [0.3, 0.4) is 0 Å². The Morgan fingerprint density at radius 3 is 2.42 bits per heavy atom. The number of benzene rings is 1. The third-order valence-electron chi connectivity index (χ3n) is 3.27. The van der Waals surface area contributed by atoms with Crippen LogP contribution in [0.15, 0.2) is 23.4 Å². The maximum atomic E-state index is 9.63. The van der Waals surface area contributed by atoms with Crippen molar-refractivity contribution in [3.63, 3.8) is 0 Å². The molecule has 0 amide bonds. The molecule has 1 heterocycles. The van der Waals surface area contributed by atoms with Gasteiger partial charge in [0, 0.05) is 11.6 Å². The molecule has 126 valence electrons. The Bertz CT molecular complexity index is 772. The van der Waals surface area contributed by atoms with Gasteiger partial charge in [-0.15, -0.1) is 0 Å². The second-order valence-electron chi connectivity index (χ2n) is 5.26. The van der Waals surface area contributed by atoms with Crippen molar-refractivity contribution < 1.29 is 9.47 Å². The second-order valence-corrected chi connectivity index (χ2v) is 6.04. The molecule has 0 atom stereocenters. The number of aromatic nitrogens is 2. The third-order valence-corrected chi connectivity index (χ3v) is 3.81. The average molecular weight is 344 g/mol. The van der Waals surface area contributed by atoms with Crippen LogP contribution in [0.25, 0.3) is 11.3 Å². The fraction of sp³-hybridized carbons (Fsp3) is 0.353. The zero-order valence-corrected chi connectivity index (χ0v) is 15.2. The van der Waals surface area contributed by atoms with Crippen molar-refractivity contribution >= 4 is 17.6 Å². The molecule has 0 aliphatic rings. The van der Waals surface area contributed by atoms with Gasteiger partial charge in [-0.1, -0.05) is 11.8 Å². The summed E-state index contributed by atoms with van der Waals surface area (Å²) in [5.41, 5.74) is 1.75. The van der Waals surface area contributed by atoms with Gasteiger partial charge in [0.25, 0.3) is 0 Å². The topological polar surface area (TPSA) is 80.1 Å². The molecule has 1 aromatic carbocycles. The van der Waals surface area contributed by atoms with E-state index in [0.29, 0.717) is 33.7 Å². The summed E-state index contributed by atoms with van der Waals surface area (Å²) in [7, 11) is 3.16. The first-order chi connectivity index (χ1) is 11.5. The summed E-state index contributed by atoms with van der Waals surface area (Å²) in [6.45, 7) is 4.00. The van der Waals surface area contributed by atoms with E-state index in [4.69, 9.17) is 9.47 Å². The molecule has 7 heteroatoms. The molecule has 0 saturated carbocycles. The van der Waals surface area contributed by atoms with E-state index < -0.39 is 0 Å². The van der Waals surface area contributed by atoms with Crippen molar-refractivity contribution in [2.75, 3.05) is 25.8 Å². The standard InChI is InChI=1S/C17H20N4O2S/c1-10(2)19-16-12(9-18)15(20-17(21-16)24-5)11-6-7-13(22-3)14(8-11)23-4/h6-8,10H,1-5H3,(H,19,20,21). The number of thioether (sulfide) groups is 1. The quantitative estimate of drug-likeness (QED) is 0.634. The number of rotatable bonds is 6. The van der Waals surface area contributed by atoms with E-state index in [-0.39, 0.29) is 6.04 Å². The highest BCUT2D eigenvalue weighted by molar-refractivity contribution is 7.98. The molecule has 1 aromatic heterocycles. The molecule has 0 aliphatic heterocycles. The lowest BCUT2D eigenvalue weighted by Gasteiger charge is -2.15. The summed E-state index contributed by atoms with van der Waals surface area (Å²) in [4.78, 5) is 8.95. The van der Waals surface area contributed by atoms with Crippen LogP contribution in [0.5, 0.6) is 11.5 Å². The molecule has 0 bridgehead atoms.